The van der Waals surface area contributed by atoms with Gasteiger partial charge >= 0.3 is 0 Å². The average molecular weight is 324 g/mol. The molecule has 0 aliphatic carbocycles. The van der Waals surface area contributed by atoms with Gasteiger partial charge in [-0.3, -0.25) is 10.0 Å². The molecule has 0 spiro atoms. The van der Waals surface area contributed by atoms with Gasteiger partial charge in [0.2, 0.25) is 0 Å². The van der Waals surface area contributed by atoms with Crippen LogP contribution in [0.25, 0.3) is 6.08 Å². The van der Waals surface area contributed by atoms with Gasteiger partial charge in [-0.25, -0.2) is 5.48 Å². The normalized spacial score (nSPS) is 20.5. The number of carbonyl (C=O) groups excluding carboxylic acids is 1. The molecule has 1 fully saturated rings. The standard InChI is InChI=1S/C19H20N2O3/c22-18(20-24)11-10-15-8-4-5-9-17(15)21-13-12-16(19(21)23)14-6-2-1-3-7-14/h1-11,16,19,23-24H,12-13H2,(H,20,22)/b11-10+. The first kappa shape index (κ1) is 16.2. The van der Waals surface area contributed by atoms with E-state index in [-0.39, 0.29) is 5.92 Å². The minimum Gasteiger partial charge on any atom is -0.373 e. The zero-order valence-electron chi connectivity index (χ0n) is 13.2. The summed E-state index contributed by atoms with van der Waals surface area (Å²) in [4.78, 5) is 13.2. The molecule has 3 rings (SSSR count). The molecule has 1 heterocycles. The number of nitrogens with one attached hydrogen (secondary N) is 1. The molecule has 0 aromatic heterocycles. The lowest BCUT2D eigenvalue weighted by Crippen LogP contribution is -2.32. The number of amides is 1. The summed E-state index contributed by atoms with van der Waals surface area (Å²) in [5.74, 6) is -0.530. The molecule has 0 bridgehead atoms. The van der Waals surface area contributed by atoms with E-state index in [1.807, 2.05) is 59.5 Å². The average Bonchev–Trinajstić information content (AvgIpc) is 3.02. The second-order valence-electron chi connectivity index (χ2n) is 5.78. The zero-order chi connectivity index (χ0) is 16.9. The Morgan fingerprint density at radius 2 is 1.83 bits per heavy atom. The third-order valence-electron chi connectivity index (χ3n) is 4.36. The van der Waals surface area contributed by atoms with E-state index >= 15 is 0 Å². The van der Waals surface area contributed by atoms with Crippen LogP contribution >= 0.6 is 0 Å². The van der Waals surface area contributed by atoms with Crippen molar-refractivity contribution in [1.82, 2.24) is 5.48 Å². The van der Waals surface area contributed by atoms with Crippen LogP contribution in [0.2, 0.25) is 0 Å². The Kier molecular flexibility index (Phi) is 4.93. The molecule has 2 atom stereocenters. The summed E-state index contributed by atoms with van der Waals surface area (Å²) >= 11 is 0. The minimum absolute atomic E-state index is 0.0592. The number of aliphatic hydroxyl groups is 1. The van der Waals surface area contributed by atoms with Gasteiger partial charge in [0, 0.05) is 24.2 Å². The molecule has 0 radical (unpaired) electrons. The van der Waals surface area contributed by atoms with Crippen molar-refractivity contribution in [1.29, 1.82) is 0 Å². The maximum atomic E-state index is 11.2. The number of benzene rings is 2. The Bertz CT molecular complexity index is 730. The highest BCUT2D eigenvalue weighted by Crippen LogP contribution is 2.36. The van der Waals surface area contributed by atoms with Crippen LogP contribution in [0.1, 0.15) is 23.5 Å². The molecule has 2 unspecified atom stereocenters. The van der Waals surface area contributed by atoms with Gasteiger partial charge in [0.15, 0.2) is 0 Å². The van der Waals surface area contributed by atoms with Crippen LogP contribution in [-0.4, -0.2) is 29.0 Å². The van der Waals surface area contributed by atoms with Gasteiger partial charge in [-0.2, -0.15) is 0 Å². The molecule has 0 saturated carbocycles. The fourth-order valence-electron chi connectivity index (χ4n) is 3.17. The summed E-state index contributed by atoms with van der Waals surface area (Å²) < 4.78 is 0. The van der Waals surface area contributed by atoms with Crippen molar-refractivity contribution >= 4 is 17.7 Å². The molecule has 1 aliphatic heterocycles. The zero-order valence-corrected chi connectivity index (χ0v) is 13.2. The highest BCUT2D eigenvalue weighted by atomic mass is 16.5. The highest BCUT2D eigenvalue weighted by molar-refractivity contribution is 5.91. The highest BCUT2D eigenvalue weighted by Gasteiger charge is 2.34. The Hall–Kier alpha value is -2.63. The Morgan fingerprint density at radius 3 is 2.58 bits per heavy atom. The molecule has 1 saturated heterocycles. The molecular formula is C19H20N2O3. The Morgan fingerprint density at radius 1 is 1.12 bits per heavy atom. The first-order valence-corrected chi connectivity index (χ1v) is 7.91. The number of nitrogens with zero attached hydrogens (tertiary/aromatic N) is 1. The number of hydroxylamine groups is 1. The van der Waals surface area contributed by atoms with E-state index in [9.17, 15) is 9.90 Å². The van der Waals surface area contributed by atoms with Gasteiger partial charge in [0.1, 0.15) is 6.23 Å². The van der Waals surface area contributed by atoms with E-state index in [1.165, 1.54) is 6.08 Å². The quantitative estimate of drug-likeness (QED) is 0.459. The van der Waals surface area contributed by atoms with Crippen LogP contribution in [0.4, 0.5) is 5.69 Å². The third-order valence-corrected chi connectivity index (χ3v) is 4.36. The molecule has 1 aliphatic rings. The van der Waals surface area contributed by atoms with Crippen LogP contribution in [0.15, 0.2) is 60.7 Å². The number of anilines is 1. The molecule has 5 heteroatoms. The number of rotatable bonds is 4. The van der Waals surface area contributed by atoms with Crippen molar-refractivity contribution in [2.45, 2.75) is 18.6 Å². The third kappa shape index (κ3) is 3.32. The fourth-order valence-corrected chi connectivity index (χ4v) is 3.17. The van der Waals surface area contributed by atoms with E-state index in [1.54, 1.807) is 11.6 Å². The molecular weight excluding hydrogens is 304 g/mol. The van der Waals surface area contributed by atoms with Crippen molar-refractivity contribution in [2.24, 2.45) is 0 Å². The van der Waals surface area contributed by atoms with E-state index < -0.39 is 12.1 Å². The fraction of sp³-hybridized carbons (Fsp3) is 0.211. The lowest BCUT2D eigenvalue weighted by Gasteiger charge is -2.27. The van der Waals surface area contributed by atoms with Crippen LogP contribution in [-0.2, 0) is 4.79 Å². The maximum absolute atomic E-state index is 11.2. The molecule has 124 valence electrons. The molecule has 5 nitrogen and oxygen atoms in total. The van der Waals surface area contributed by atoms with Gasteiger partial charge in [-0.05, 0) is 29.7 Å². The van der Waals surface area contributed by atoms with Gasteiger partial charge < -0.3 is 10.0 Å². The summed E-state index contributed by atoms with van der Waals surface area (Å²) in [6.45, 7) is 0.734. The number of para-hydroxylation sites is 1. The largest absolute Gasteiger partial charge is 0.373 e. The molecule has 2 aromatic rings. The van der Waals surface area contributed by atoms with Crippen LogP contribution in [0.3, 0.4) is 0 Å². The number of hydrogen-bond donors (Lipinski definition) is 3. The predicted octanol–water partition coefficient (Wildman–Crippen LogP) is 2.52. The molecule has 24 heavy (non-hydrogen) atoms. The smallest absolute Gasteiger partial charge is 0.267 e. The first-order valence-electron chi connectivity index (χ1n) is 7.91. The van der Waals surface area contributed by atoms with Gasteiger partial charge in [-0.1, -0.05) is 48.5 Å². The van der Waals surface area contributed by atoms with E-state index in [4.69, 9.17) is 5.21 Å². The lowest BCUT2D eigenvalue weighted by molar-refractivity contribution is -0.124. The SMILES string of the molecule is O=C(/C=C/c1ccccc1N1CCC(c2ccccc2)C1O)NO. The second kappa shape index (κ2) is 7.29. The van der Waals surface area contributed by atoms with Crippen molar-refractivity contribution in [3.05, 3.63) is 71.8 Å². The number of carbonyl (C=O) groups is 1. The Balaban J connectivity index is 1.85. The van der Waals surface area contributed by atoms with E-state index in [2.05, 4.69) is 0 Å². The van der Waals surface area contributed by atoms with E-state index in [0.717, 1.165) is 29.8 Å². The van der Waals surface area contributed by atoms with Gasteiger partial charge in [0.05, 0.1) is 0 Å². The van der Waals surface area contributed by atoms with Crippen LogP contribution < -0.4 is 10.4 Å². The summed E-state index contributed by atoms with van der Waals surface area (Å²) in [6, 6.07) is 17.6. The summed E-state index contributed by atoms with van der Waals surface area (Å²) in [6.07, 6.45) is 3.13. The van der Waals surface area contributed by atoms with Gasteiger partial charge in [-0.15, -0.1) is 0 Å². The molecule has 2 aromatic carbocycles. The molecule has 1 amide bonds. The summed E-state index contributed by atoms with van der Waals surface area (Å²) in [5, 5.41) is 19.4. The monoisotopic (exact) mass is 324 g/mol. The van der Waals surface area contributed by atoms with Gasteiger partial charge in [0.25, 0.3) is 5.91 Å². The number of aliphatic hydroxyl groups excluding tert-OH is 1. The van der Waals surface area contributed by atoms with Crippen LogP contribution in [0, 0.1) is 0 Å². The lowest BCUT2D eigenvalue weighted by atomic mass is 9.97. The maximum Gasteiger partial charge on any atom is 0.267 e. The van der Waals surface area contributed by atoms with Crippen molar-refractivity contribution < 1.29 is 15.1 Å². The van der Waals surface area contributed by atoms with Crippen molar-refractivity contribution in [3.8, 4) is 0 Å². The van der Waals surface area contributed by atoms with Crippen molar-refractivity contribution in [3.63, 3.8) is 0 Å². The summed E-state index contributed by atoms with van der Waals surface area (Å²) in [7, 11) is 0. The van der Waals surface area contributed by atoms with E-state index in [0.29, 0.717) is 0 Å². The number of hydrogen-bond acceptors (Lipinski definition) is 4. The Labute approximate surface area is 140 Å². The first-order chi connectivity index (χ1) is 11.7. The van der Waals surface area contributed by atoms with Crippen LogP contribution in [0.5, 0.6) is 0 Å². The molecule has 3 N–H and O–H groups in total. The summed E-state index contributed by atoms with van der Waals surface area (Å²) in [5.41, 5.74) is 4.38. The second-order valence-corrected chi connectivity index (χ2v) is 5.78. The topological polar surface area (TPSA) is 72.8 Å². The van der Waals surface area contributed by atoms with Crippen molar-refractivity contribution in [2.75, 3.05) is 11.4 Å². The predicted molar refractivity (Wildman–Crippen MR) is 92.6 cm³/mol. The minimum atomic E-state index is -0.617.